The topological polar surface area (TPSA) is 84.2 Å². The Labute approximate surface area is 117 Å². The first-order valence-corrected chi connectivity index (χ1v) is 6.21. The van der Waals surface area contributed by atoms with Gasteiger partial charge in [-0.15, -0.1) is 0 Å². The normalized spacial score (nSPS) is 10.3. The average Bonchev–Trinajstić information content (AvgIpc) is 2.78. The third-order valence-corrected chi connectivity index (χ3v) is 3.10. The maximum atomic E-state index is 12.3. The number of aromatic amines is 1. The number of carbonyl (C=O) groups excluding carboxylic acids is 1. The standard InChI is InChI=1S/C14H18N4O2/c1-9-12(15)13(17-16-9)14(19)18(2)8-10-5-4-6-11(7-10)20-3/h4-7H,8,15H2,1-3H3,(H,16,17). The van der Waals surface area contributed by atoms with E-state index < -0.39 is 0 Å². The van der Waals surface area contributed by atoms with Crippen molar-refractivity contribution in [2.45, 2.75) is 13.5 Å². The quantitative estimate of drug-likeness (QED) is 0.886. The molecule has 0 bridgehead atoms. The van der Waals surface area contributed by atoms with Crippen molar-refractivity contribution in [3.05, 3.63) is 41.2 Å². The first-order valence-electron chi connectivity index (χ1n) is 6.21. The second-order valence-electron chi connectivity index (χ2n) is 4.62. The lowest BCUT2D eigenvalue weighted by Crippen LogP contribution is -2.27. The molecular weight excluding hydrogens is 256 g/mol. The van der Waals surface area contributed by atoms with Gasteiger partial charge in [0.05, 0.1) is 18.5 Å². The Bertz CT molecular complexity index is 621. The molecule has 2 rings (SSSR count). The van der Waals surface area contributed by atoms with Gasteiger partial charge in [0.1, 0.15) is 5.75 Å². The highest BCUT2D eigenvalue weighted by molar-refractivity contribution is 5.97. The van der Waals surface area contributed by atoms with Gasteiger partial charge < -0.3 is 15.4 Å². The van der Waals surface area contributed by atoms with Crippen molar-refractivity contribution in [3.8, 4) is 5.75 Å². The summed E-state index contributed by atoms with van der Waals surface area (Å²) in [5, 5.41) is 6.66. The molecule has 3 N–H and O–H groups in total. The van der Waals surface area contributed by atoms with Crippen LogP contribution in [0.2, 0.25) is 0 Å². The molecule has 6 heteroatoms. The van der Waals surface area contributed by atoms with Gasteiger partial charge in [0.25, 0.3) is 5.91 Å². The molecule has 0 aliphatic heterocycles. The first kappa shape index (κ1) is 13.9. The number of amides is 1. The van der Waals surface area contributed by atoms with Crippen molar-refractivity contribution in [3.63, 3.8) is 0 Å². The van der Waals surface area contributed by atoms with Crippen molar-refractivity contribution >= 4 is 11.6 Å². The summed E-state index contributed by atoms with van der Waals surface area (Å²) in [5.41, 5.74) is 8.15. The lowest BCUT2D eigenvalue weighted by molar-refractivity contribution is 0.0780. The van der Waals surface area contributed by atoms with Crippen LogP contribution in [-0.4, -0.2) is 35.2 Å². The summed E-state index contributed by atoms with van der Waals surface area (Å²) in [6.45, 7) is 2.24. The smallest absolute Gasteiger partial charge is 0.276 e. The number of methoxy groups -OCH3 is 1. The Hall–Kier alpha value is -2.50. The molecule has 106 valence electrons. The molecule has 1 heterocycles. The van der Waals surface area contributed by atoms with E-state index in [0.29, 0.717) is 17.9 Å². The summed E-state index contributed by atoms with van der Waals surface area (Å²) < 4.78 is 5.16. The molecule has 2 aromatic rings. The van der Waals surface area contributed by atoms with E-state index in [9.17, 15) is 4.79 Å². The second-order valence-corrected chi connectivity index (χ2v) is 4.62. The van der Waals surface area contributed by atoms with Crippen LogP contribution in [0.3, 0.4) is 0 Å². The number of ether oxygens (including phenoxy) is 1. The molecule has 0 atom stereocenters. The molecule has 0 saturated carbocycles. The zero-order chi connectivity index (χ0) is 14.7. The number of aryl methyl sites for hydroxylation is 1. The number of nitrogens with one attached hydrogen (secondary N) is 1. The summed E-state index contributed by atoms with van der Waals surface area (Å²) in [6.07, 6.45) is 0. The van der Waals surface area contributed by atoms with Crippen LogP contribution in [0, 0.1) is 6.92 Å². The molecule has 0 unspecified atom stereocenters. The molecule has 0 radical (unpaired) electrons. The van der Waals surface area contributed by atoms with Gasteiger partial charge in [0, 0.05) is 13.6 Å². The highest BCUT2D eigenvalue weighted by Gasteiger charge is 2.19. The maximum absolute atomic E-state index is 12.3. The summed E-state index contributed by atoms with van der Waals surface area (Å²) in [4.78, 5) is 13.8. The Balaban J connectivity index is 2.13. The third kappa shape index (κ3) is 2.74. The Morgan fingerprint density at radius 2 is 2.25 bits per heavy atom. The van der Waals surface area contributed by atoms with E-state index in [1.54, 1.807) is 26.0 Å². The van der Waals surface area contributed by atoms with Crippen molar-refractivity contribution in [2.75, 3.05) is 19.9 Å². The molecule has 20 heavy (non-hydrogen) atoms. The number of aromatic nitrogens is 2. The predicted octanol–water partition coefficient (Wildman–Crippen LogP) is 1.58. The van der Waals surface area contributed by atoms with Crippen LogP contribution in [0.15, 0.2) is 24.3 Å². The van der Waals surface area contributed by atoms with Gasteiger partial charge in [-0.25, -0.2) is 0 Å². The van der Waals surface area contributed by atoms with Gasteiger partial charge in [0.2, 0.25) is 0 Å². The fraction of sp³-hybridized carbons (Fsp3) is 0.286. The number of nitrogen functional groups attached to an aromatic ring is 1. The summed E-state index contributed by atoms with van der Waals surface area (Å²) in [6, 6.07) is 7.58. The van der Waals surface area contributed by atoms with Crippen LogP contribution >= 0.6 is 0 Å². The number of anilines is 1. The zero-order valence-electron chi connectivity index (χ0n) is 11.8. The van der Waals surface area contributed by atoms with E-state index >= 15 is 0 Å². The minimum atomic E-state index is -0.213. The van der Waals surface area contributed by atoms with Crippen LogP contribution in [0.4, 0.5) is 5.69 Å². The van der Waals surface area contributed by atoms with Crippen molar-refractivity contribution in [2.24, 2.45) is 0 Å². The molecule has 0 spiro atoms. The van der Waals surface area contributed by atoms with Crippen molar-refractivity contribution in [1.29, 1.82) is 0 Å². The molecule has 6 nitrogen and oxygen atoms in total. The lowest BCUT2D eigenvalue weighted by atomic mass is 10.2. The lowest BCUT2D eigenvalue weighted by Gasteiger charge is -2.16. The number of hydrogen-bond donors (Lipinski definition) is 2. The van der Waals surface area contributed by atoms with E-state index in [4.69, 9.17) is 10.5 Å². The highest BCUT2D eigenvalue weighted by Crippen LogP contribution is 2.17. The zero-order valence-corrected chi connectivity index (χ0v) is 11.8. The minimum absolute atomic E-state index is 0.213. The van der Waals surface area contributed by atoms with E-state index in [0.717, 1.165) is 11.3 Å². The Morgan fingerprint density at radius 3 is 2.85 bits per heavy atom. The van der Waals surface area contributed by atoms with E-state index in [2.05, 4.69) is 10.2 Å². The number of rotatable bonds is 4. The van der Waals surface area contributed by atoms with Gasteiger partial charge >= 0.3 is 0 Å². The summed E-state index contributed by atoms with van der Waals surface area (Å²) in [5.74, 6) is 0.549. The monoisotopic (exact) mass is 274 g/mol. The highest BCUT2D eigenvalue weighted by atomic mass is 16.5. The van der Waals surface area contributed by atoms with Gasteiger partial charge in [-0.1, -0.05) is 12.1 Å². The van der Waals surface area contributed by atoms with Crippen LogP contribution in [-0.2, 0) is 6.54 Å². The Morgan fingerprint density at radius 1 is 1.50 bits per heavy atom. The van der Waals surface area contributed by atoms with Gasteiger partial charge in [0.15, 0.2) is 5.69 Å². The number of H-pyrrole nitrogens is 1. The van der Waals surface area contributed by atoms with Gasteiger partial charge in [-0.3, -0.25) is 9.89 Å². The van der Waals surface area contributed by atoms with Crippen LogP contribution in [0.1, 0.15) is 21.7 Å². The minimum Gasteiger partial charge on any atom is -0.497 e. The average molecular weight is 274 g/mol. The third-order valence-electron chi connectivity index (χ3n) is 3.10. The fourth-order valence-electron chi connectivity index (χ4n) is 1.90. The molecule has 0 saturated heterocycles. The SMILES string of the molecule is COc1cccc(CN(C)C(=O)c2n[nH]c(C)c2N)c1. The van der Waals surface area contributed by atoms with E-state index in [-0.39, 0.29) is 11.6 Å². The second kappa shape index (κ2) is 5.64. The molecule has 0 aliphatic carbocycles. The van der Waals surface area contributed by atoms with Gasteiger partial charge in [-0.05, 0) is 24.6 Å². The van der Waals surface area contributed by atoms with Crippen molar-refractivity contribution in [1.82, 2.24) is 15.1 Å². The Kier molecular flexibility index (Phi) is 3.93. The largest absolute Gasteiger partial charge is 0.497 e. The molecular formula is C14H18N4O2. The van der Waals surface area contributed by atoms with Crippen LogP contribution < -0.4 is 10.5 Å². The van der Waals surface area contributed by atoms with E-state index in [1.807, 2.05) is 24.3 Å². The van der Waals surface area contributed by atoms with E-state index in [1.165, 1.54) is 0 Å². The molecule has 1 amide bonds. The molecule has 0 fully saturated rings. The van der Waals surface area contributed by atoms with Crippen molar-refractivity contribution < 1.29 is 9.53 Å². The first-order chi connectivity index (χ1) is 9.52. The number of nitrogens with two attached hydrogens (primary N) is 1. The van der Waals surface area contributed by atoms with Crippen LogP contribution in [0.5, 0.6) is 5.75 Å². The molecule has 1 aromatic carbocycles. The maximum Gasteiger partial charge on any atom is 0.276 e. The van der Waals surface area contributed by atoms with Crippen LogP contribution in [0.25, 0.3) is 0 Å². The number of hydrogen-bond acceptors (Lipinski definition) is 4. The number of nitrogens with zero attached hydrogens (tertiary/aromatic N) is 2. The van der Waals surface area contributed by atoms with Gasteiger partial charge in [-0.2, -0.15) is 5.10 Å². The summed E-state index contributed by atoms with van der Waals surface area (Å²) in [7, 11) is 3.33. The number of benzene rings is 1. The molecule has 0 aliphatic rings. The number of carbonyl (C=O) groups is 1. The molecule has 1 aromatic heterocycles. The fourth-order valence-corrected chi connectivity index (χ4v) is 1.90. The predicted molar refractivity (Wildman–Crippen MR) is 76.5 cm³/mol. The summed E-state index contributed by atoms with van der Waals surface area (Å²) >= 11 is 0.